The van der Waals surface area contributed by atoms with E-state index in [1.54, 1.807) is 12.1 Å². The number of aromatic hydroxyl groups is 1. The lowest BCUT2D eigenvalue weighted by atomic mass is 9.99. The number of halogens is 1. The van der Waals surface area contributed by atoms with Gasteiger partial charge in [0.2, 0.25) is 0 Å². The zero-order chi connectivity index (χ0) is 11.7. The Balaban J connectivity index is 2.49. The molecule has 1 aromatic heterocycles. The molecule has 0 aliphatic rings. The third-order valence-corrected chi connectivity index (χ3v) is 3.03. The molecule has 4 heteroatoms. The van der Waals surface area contributed by atoms with Crippen molar-refractivity contribution in [3.8, 4) is 5.75 Å². The van der Waals surface area contributed by atoms with Gasteiger partial charge in [0.1, 0.15) is 0 Å². The van der Waals surface area contributed by atoms with Crippen LogP contribution in [0.2, 0.25) is 5.02 Å². The van der Waals surface area contributed by atoms with E-state index in [9.17, 15) is 5.11 Å². The molecule has 0 aliphatic carbocycles. The Morgan fingerprint density at radius 2 is 2.31 bits per heavy atom. The van der Waals surface area contributed by atoms with Crippen LogP contribution in [0.15, 0.2) is 22.8 Å². The minimum absolute atomic E-state index is 0.171. The number of benzene rings is 1. The molecule has 0 aliphatic heterocycles. The molecule has 0 radical (unpaired) electrons. The summed E-state index contributed by atoms with van der Waals surface area (Å²) in [7, 11) is 0. The SMILES string of the molecule is CC(CN)Cc1cc(Cl)c2ccoc2c1O. The fraction of sp³-hybridized carbons (Fsp3) is 0.333. The molecule has 1 heterocycles. The topological polar surface area (TPSA) is 59.4 Å². The van der Waals surface area contributed by atoms with Crippen molar-refractivity contribution < 1.29 is 9.52 Å². The number of phenols is 1. The molecule has 1 unspecified atom stereocenters. The number of furan rings is 1. The van der Waals surface area contributed by atoms with Crippen molar-refractivity contribution in [3.63, 3.8) is 0 Å². The molecule has 0 amide bonds. The molecule has 0 fully saturated rings. The van der Waals surface area contributed by atoms with Crippen molar-refractivity contribution in [3.05, 3.63) is 29.0 Å². The third kappa shape index (κ3) is 1.88. The molecule has 2 aromatic rings. The van der Waals surface area contributed by atoms with E-state index in [0.717, 1.165) is 10.9 Å². The van der Waals surface area contributed by atoms with E-state index in [-0.39, 0.29) is 5.75 Å². The summed E-state index contributed by atoms with van der Waals surface area (Å²) in [4.78, 5) is 0. The highest BCUT2D eigenvalue weighted by Gasteiger charge is 2.14. The van der Waals surface area contributed by atoms with Gasteiger partial charge in [0.25, 0.3) is 0 Å². The average molecular weight is 240 g/mol. The minimum Gasteiger partial charge on any atom is -0.504 e. The van der Waals surface area contributed by atoms with Gasteiger partial charge < -0.3 is 15.3 Å². The maximum absolute atomic E-state index is 10.0. The number of hydrogen-bond donors (Lipinski definition) is 2. The van der Waals surface area contributed by atoms with Gasteiger partial charge in [-0.3, -0.25) is 0 Å². The fourth-order valence-electron chi connectivity index (χ4n) is 1.74. The van der Waals surface area contributed by atoms with Crippen LogP contribution < -0.4 is 5.73 Å². The third-order valence-electron chi connectivity index (χ3n) is 2.71. The monoisotopic (exact) mass is 239 g/mol. The van der Waals surface area contributed by atoms with Gasteiger partial charge in [-0.2, -0.15) is 0 Å². The molecule has 0 saturated heterocycles. The largest absolute Gasteiger partial charge is 0.504 e. The standard InChI is InChI=1S/C12H14ClNO2/c1-7(6-14)4-8-5-10(13)9-2-3-16-12(9)11(8)15/h2-3,5,7,15H,4,6,14H2,1H3. The Morgan fingerprint density at radius 3 is 3.00 bits per heavy atom. The fourth-order valence-corrected chi connectivity index (χ4v) is 2.02. The van der Waals surface area contributed by atoms with Gasteiger partial charge in [-0.15, -0.1) is 0 Å². The Bertz CT molecular complexity index is 507. The molecular formula is C12H14ClNO2. The van der Waals surface area contributed by atoms with Crippen LogP contribution in [0.5, 0.6) is 5.75 Å². The molecule has 1 aromatic carbocycles. The average Bonchev–Trinajstić information content (AvgIpc) is 2.74. The van der Waals surface area contributed by atoms with E-state index in [4.69, 9.17) is 21.8 Å². The highest BCUT2D eigenvalue weighted by atomic mass is 35.5. The van der Waals surface area contributed by atoms with Crippen molar-refractivity contribution in [1.29, 1.82) is 0 Å². The van der Waals surface area contributed by atoms with E-state index in [1.807, 2.05) is 6.92 Å². The molecular weight excluding hydrogens is 226 g/mol. The molecule has 3 N–H and O–H groups in total. The lowest BCUT2D eigenvalue weighted by Crippen LogP contribution is -2.13. The summed E-state index contributed by atoms with van der Waals surface area (Å²) in [6.07, 6.45) is 2.21. The van der Waals surface area contributed by atoms with Gasteiger partial charge in [0, 0.05) is 5.39 Å². The first kappa shape index (κ1) is 11.3. The molecule has 0 bridgehead atoms. The van der Waals surface area contributed by atoms with Gasteiger partial charge in [-0.25, -0.2) is 0 Å². The zero-order valence-electron chi connectivity index (χ0n) is 9.03. The maximum Gasteiger partial charge on any atom is 0.177 e. The molecule has 2 rings (SSSR count). The predicted molar refractivity (Wildman–Crippen MR) is 64.8 cm³/mol. The van der Waals surface area contributed by atoms with Crippen molar-refractivity contribution >= 4 is 22.6 Å². The lowest BCUT2D eigenvalue weighted by molar-refractivity contribution is 0.451. The highest BCUT2D eigenvalue weighted by molar-refractivity contribution is 6.35. The number of nitrogens with two attached hydrogens (primary N) is 1. The summed E-state index contributed by atoms with van der Waals surface area (Å²) >= 11 is 6.10. The molecule has 3 nitrogen and oxygen atoms in total. The first-order valence-corrected chi connectivity index (χ1v) is 5.59. The summed E-state index contributed by atoms with van der Waals surface area (Å²) in [5.41, 5.74) is 6.80. The quantitative estimate of drug-likeness (QED) is 0.866. The first-order valence-electron chi connectivity index (χ1n) is 5.21. The summed E-state index contributed by atoms with van der Waals surface area (Å²) in [5, 5.41) is 11.4. The Kier molecular flexibility index (Phi) is 3.08. The van der Waals surface area contributed by atoms with Gasteiger partial charge in [0.05, 0.1) is 11.3 Å². The van der Waals surface area contributed by atoms with Gasteiger partial charge in [-0.05, 0) is 36.6 Å². The van der Waals surface area contributed by atoms with Crippen molar-refractivity contribution in [2.45, 2.75) is 13.3 Å². The summed E-state index contributed by atoms with van der Waals surface area (Å²) < 4.78 is 5.22. The number of phenolic OH excluding ortho intramolecular Hbond substituents is 1. The van der Waals surface area contributed by atoms with Crippen LogP contribution in [0, 0.1) is 5.92 Å². The van der Waals surface area contributed by atoms with Crippen LogP contribution >= 0.6 is 11.6 Å². The van der Waals surface area contributed by atoms with Gasteiger partial charge in [0.15, 0.2) is 11.3 Å². The molecule has 0 saturated carbocycles. The van der Waals surface area contributed by atoms with E-state index in [2.05, 4.69) is 0 Å². The molecule has 16 heavy (non-hydrogen) atoms. The number of hydrogen-bond acceptors (Lipinski definition) is 3. The highest BCUT2D eigenvalue weighted by Crippen LogP contribution is 2.36. The molecule has 86 valence electrons. The zero-order valence-corrected chi connectivity index (χ0v) is 9.79. The predicted octanol–water partition coefficient (Wildman–Crippen LogP) is 2.93. The normalized spacial score (nSPS) is 13.2. The minimum atomic E-state index is 0.171. The van der Waals surface area contributed by atoms with Crippen molar-refractivity contribution in [2.75, 3.05) is 6.54 Å². The van der Waals surface area contributed by atoms with Crippen molar-refractivity contribution in [2.24, 2.45) is 11.7 Å². The van der Waals surface area contributed by atoms with E-state index >= 15 is 0 Å². The number of fused-ring (bicyclic) bond motifs is 1. The van der Waals surface area contributed by atoms with Crippen molar-refractivity contribution in [1.82, 2.24) is 0 Å². The summed E-state index contributed by atoms with van der Waals surface area (Å²) in [6.45, 7) is 2.60. The lowest BCUT2D eigenvalue weighted by Gasteiger charge is -2.10. The van der Waals surface area contributed by atoms with E-state index in [1.165, 1.54) is 6.26 Å². The smallest absolute Gasteiger partial charge is 0.177 e. The van der Waals surface area contributed by atoms with Crippen LogP contribution in [0.3, 0.4) is 0 Å². The van der Waals surface area contributed by atoms with Crippen LogP contribution in [-0.4, -0.2) is 11.7 Å². The molecule has 1 atom stereocenters. The van der Waals surface area contributed by atoms with Crippen LogP contribution in [-0.2, 0) is 6.42 Å². The maximum atomic E-state index is 10.0. The Labute approximate surface area is 98.8 Å². The number of rotatable bonds is 3. The van der Waals surface area contributed by atoms with Gasteiger partial charge in [-0.1, -0.05) is 18.5 Å². The second kappa shape index (κ2) is 4.36. The van der Waals surface area contributed by atoms with E-state index < -0.39 is 0 Å². The van der Waals surface area contributed by atoms with E-state index in [0.29, 0.717) is 29.5 Å². The Morgan fingerprint density at radius 1 is 1.56 bits per heavy atom. The van der Waals surface area contributed by atoms with Crippen LogP contribution in [0.1, 0.15) is 12.5 Å². The molecule has 0 spiro atoms. The van der Waals surface area contributed by atoms with Crippen LogP contribution in [0.4, 0.5) is 0 Å². The second-order valence-electron chi connectivity index (χ2n) is 4.07. The second-order valence-corrected chi connectivity index (χ2v) is 4.48. The Hall–Kier alpha value is -1.19. The van der Waals surface area contributed by atoms with Gasteiger partial charge >= 0.3 is 0 Å². The first-order chi connectivity index (χ1) is 7.63. The van der Waals surface area contributed by atoms with Crippen LogP contribution in [0.25, 0.3) is 11.0 Å². The summed E-state index contributed by atoms with van der Waals surface area (Å²) in [5.74, 6) is 0.471. The summed E-state index contributed by atoms with van der Waals surface area (Å²) in [6, 6.07) is 3.52.